The largest absolute Gasteiger partial charge is 0.506 e. The van der Waals surface area contributed by atoms with Gasteiger partial charge in [-0.1, -0.05) is 67.8 Å². The fourth-order valence-electron chi connectivity index (χ4n) is 8.48. The number of carbonyl (C=O) groups excluding carboxylic acids is 2. The Kier molecular flexibility index (Phi) is 11.5. The summed E-state index contributed by atoms with van der Waals surface area (Å²) in [7, 11) is 0. The van der Waals surface area contributed by atoms with Gasteiger partial charge in [0.05, 0.1) is 30.1 Å². The van der Waals surface area contributed by atoms with E-state index in [2.05, 4.69) is 9.88 Å². The number of pyridine rings is 1. The Morgan fingerprint density at radius 3 is 2.32 bits per heavy atom. The summed E-state index contributed by atoms with van der Waals surface area (Å²) in [6.45, 7) is 4.63. The van der Waals surface area contributed by atoms with Gasteiger partial charge < -0.3 is 29.6 Å². The van der Waals surface area contributed by atoms with Crippen molar-refractivity contribution in [1.29, 1.82) is 0 Å². The molecule has 3 N–H and O–H groups in total. The first kappa shape index (κ1) is 36.7. The van der Waals surface area contributed by atoms with Crippen LogP contribution in [0.2, 0.25) is 0 Å². The number of amides is 1. The molecule has 10 heteroatoms. The van der Waals surface area contributed by atoms with Gasteiger partial charge in [0, 0.05) is 31.1 Å². The van der Waals surface area contributed by atoms with Gasteiger partial charge in [-0.3, -0.25) is 19.3 Å². The quantitative estimate of drug-likeness (QED) is 0.106. The predicted molar refractivity (Wildman–Crippen MR) is 203 cm³/mol. The number of nitrogens with zero attached hydrogens (tertiary/aromatic N) is 2. The van der Waals surface area contributed by atoms with E-state index in [0.29, 0.717) is 67.8 Å². The van der Waals surface area contributed by atoms with Crippen LogP contribution in [0.15, 0.2) is 83.7 Å². The van der Waals surface area contributed by atoms with Crippen molar-refractivity contribution in [2.24, 2.45) is 5.92 Å². The van der Waals surface area contributed by atoms with Crippen molar-refractivity contribution in [1.82, 2.24) is 14.8 Å². The number of esters is 1. The molecule has 1 aromatic heterocycles. The number of aromatic nitrogens is 1. The minimum absolute atomic E-state index is 0.0137. The van der Waals surface area contributed by atoms with Crippen LogP contribution >= 0.6 is 0 Å². The SMILES string of the molecule is O=C(Cc1ccc(OCCCCCC[C@H](O)c2ccc(O)c3[nH]c(=O)ccc23)cc1)N1CCC(C(=O)O[C@H]2CN3CCC2CC3)(c2ccccc2)CC1. The van der Waals surface area contributed by atoms with Crippen molar-refractivity contribution in [2.45, 2.75) is 81.8 Å². The van der Waals surface area contributed by atoms with Crippen molar-refractivity contribution in [3.8, 4) is 11.5 Å². The highest BCUT2D eigenvalue weighted by atomic mass is 16.5. The topological polar surface area (TPSA) is 132 Å². The highest BCUT2D eigenvalue weighted by Gasteiger charge is 2.47. The summed E-state index contributed by atoms with van der Waals surface area (Å²) in [6.07, 6.45) is 7.05. The number of benzene rings is 3. The monoisotopic (exact) mass is 721 g/mol. The smallest absolute Gasteiger partial charge is 0.317 e. The third-order valence-corrected chi connectivity index (χ3v) is 11.7. The Labute approximate surface area is 310 Å². The van der Waals surface area contributed by atoms with Crippen molar-refractivity contribution in [3.05, 3.63) is 106 Å². The molecular weight excluding hydrogens is 670 g/mol. The number of hydrogen-bond donors (Lipinski definition) is 3. The number of aliphatic hydroxyl groups is 1. The van der Waals surface area contributed by atoms with Gasteiger partial charge in [-0.15, -0.1) is 0 Å². The van der Waals surface area contributed by atoms with Gasteiger partial charge >= 0.3 is 5.97 Å². The Hall–Kier alpha value is -4.67. The fraction of sp³-hybridized carbons (Fsp3) is 0.465. The molecule has 5 heterocycles. The van der Waals surface area contributed by atoms with E-state index in [1.165, 1.54) is 12.1 Å². The average molecular weight is 722 g/mol. The van der Waals surface area contributed by atoms with Crippen LogP contribution in [0.4, 0.5) is 0 Å². The third-order valence-electron chi connectivity index (χ3n) is 11.7. The number of rotatable bonds is 14. The number of aromatic hydroxyl groups is 1. The van der Waals surface area contributed by atoms with Crippen LogP contribution < -0.4 is 10.3 Å². The number of H-pyrrole nitrogens is 1. The summed E-state index contributed by atoms with van der Waals surface area (Å²) in [5.41, 5.74) is 1.91. The normalized spacial score (nSPS) is 21.3. The molecule has 0 spiro atoms. The molecule has 4 saturated heterocycles. The number of fused-ring (bicyclic) bond motifs is 4. The molecule has 0 radical (unpaired) electrons. The number of nitrogens with one attached hydrogen (secondary N) is 1. The van der Waals surface area contributed by atoms with Gasteiger partial charge in [0.2, 0.25) is 11.5 Å². The number of unbranched alkanes of at least 4 members (excludes halogenated alkanes) is 3. The number of carbonyl (C=O) groups is 2. The molecule has 4 aliphatic rings. The molecule has 2 atom stereocenters. The molecule has 4 aromatic rings. The first-order chi connectivity index (χ1) is 25.8. The van der Waals surface area contributed by atoms with Gasteiger partial charge in [-0.25, -0.2) is 0 Å². The van der Waals surface area contributed by atoms with E-state index in [0.717, 1.165) is 75.0 Å². The number of hydrogen-bond acceptors (Lipinski definition) is 8. The molecular formula is C43H51N3O7. The lowest BCUT2D eigenvalue weighted by Gasteiger charge is -2.46. The molecule has 1 amide bonds. The Bertz CT molecular complexity index is 1910. The van der Waals surface area contributed by atoms with Crippen LogP contribution in [-0.4, -0.2) is 82.3 Å². The molecule has 4 aliphatic heterocycles. The van der Waals surface area contributed by atoms with Crippen LogP contribution in [-0.2, 0) is 26.2 Å². The molecule has 2 bridgehead atoms. The van der Waals surface area contributed by atoms with Crippen molar-refractivity contribution >= 4 is 22.8 Å². The second-order valence-electron chi connectivity index (χ2n) is 15.1. The number of phenols is 1. The van der Waals surface area contributed by atoms with E-state index < -0.39 is 11.5 Å². The molecule has 10 nitrogen and oxygen atoms in total. The van der Waals surface area contributed by atoms with Gasteiger partial charge in [0.25, 0.3) is 0 Å². The maximum Gasteiger partial charge on any atom is 0.317 e. The molecule has 0 unspecified atom stereocenters. The lowest BCUT2D eigenvalue weighted by molar-refractivity contribution is -0.168. The second-order valence-corrected chi connectivity index (χ2v) is 15.1. The average Bonchev–Trinajstić information content (AvgIpc) is 3.19. The summed E-state index contributed by atoms with van der Waals surface area (Å²) >= 11 is 0. The fourth-order valence-corrected chi connectivity index (χ4v) is 8.48. The lowest BCUT2D eigenvalue weighted by Crippen LogP contribution is -2.55. The van der Waals surface area contributed by atoms with Crippen molar-refractivity contribution < 1.29 is 29.3 Å². The maximum atomic E-state index is 14.0. The Balaban J connectivity index is 0.832. The van der Waals surface area contributed by atoms with Crippen LogP contribution in [0, 0.1) is 5.92 Å². The van der Waals surface area contributed by atoms with Crippen LogP contribution in [0.3, 0.4) is 0 Å². The van der Waals surface area contributed by atoms with Crippen LogP contribution in [0.5, 0.6) is 11.5 Å². The van der Waals surface area contributed by atoms with Crippen LogP contribution in [0.1, 0.15) is 80.6 Å². The lowest BCUT2D eigenvalue weighted by atomic mass is 9.72. The predicted octanol–water partition coefficient (Wildman–Crippen LogP) is 6.04. The number of likely N-dealkylation sites (tertiary alicyclic amines) is 1. The van der Waals surface area contributed by atoms with Gasteiger partial charge in [-0.2, -0.15) is 0 Å². The zero-order valence-corrected chi connectivity index (χ0v) is 30.4. The first-order valence-corrected chi connectivity index (χ1v) is 19.3. The maximum absolute atomic E-state index is 14.0. The number of aliphatic hydroxyl groups excluding tert-OH is 1. The molecule has 3 aromatic carbocycles. The molecule has 280 valence electrons. The summed E-state index contributed by atoms with van der Waals surface area (Å²) in [6, 6.07) is 23.9. The zero-order valence-electron chi connectivity index (χ0n) is 30.4. The zero-order chi connectivity index (χ0) is 36.8. The van der Waals surface area contributed by atoms with E-state index in [1.807, 2.05) is 59.5 Å². The van der Waals surface area contributed by atoms with Gasteiger partial charge in [0.1, 0.15) is 17.6 Å². The highest BCUT2D eigenvalue weighted by Crippen LogP contribution is 2.39. The van der Waals surface area contributed by atoms with Crippen molar-refractivity contribution in [2.75, 3.05) is 39.3 Å². The van der Waals surface area contributed by atoms with E-state index in [4.69, 9.17) is 9.47 Å². The number of piperidine rings is 4. The summed E-state index contributed by atoms with van der Waals surface area (Å²) in [5, 5.41) is 21.5. The molecule has 8 rings (SSSR count). The molecule has 0 aliphatic carbocycles. The third kappa shape index (κ3) is 8.44. The summed E-state index contributed by atoms with van der Waals surface area (Å²) < 4.78 is 12.3. The second kappa shape index (κ2) is 16.6. The van der Waals surface area contributed by atoms with Crippen molar-refractivity contribution in [3.63, 3.8) is 0 Å². The van der Waals surface area contributed by atoms with Gasteiger partial charge in [-0.05, 0) is 98.5 Å². The molecule has 0 saturated carbocycles. The highest BCUT2D eigenvalue weighted by molar-refractivity contribution is 5.87. The van der Waals surface area contributed by atoms with E-state index >= 15 is 0 Å². The summed E-state index contributed by atoms with van der Waals surface area (Å²) in [5.74, 6) is 1.12. The Morgan fingerprint density at radius 1 is 0.868 bits per heavy atom. The standard InChI is InChI=1S/C43H51N3O7/c47-36(34-15-17-37(48)41-35(34)16-18-39(49)44-41)10-6-1-2-7-27-52-33-13-11-30(12-14-33)28-40(50)46-25-21-43(22-26-46,32-8-4-3-5-9-32)42(51)53-38-29-45-23-19-31(38)20-24-45/h3-5,8-9,11-18,31,36,38,47-48H,1-2,6-7,10,19-29H2,(H,44,49)/t36-,38-/m0/s1. The minimum atomic E-state index is -0.739. The van der Waals surface area contributed by atoms with Crippen LogP contribution in [0.25, 0.3) is 10.9 Å². The minimum Gasteiger partial charge on any atom is -0.506 e. The molecule has 53 heavy (non-hydrogen) atoms. The first-order valence-electron chi connectivity index (χ1n) is 19.3. The van der Waals surface area contributed by atoms with Gasteiger partial charge in [0.15, 0.2) is 0 Å². The number of ether oxygens (including phenoxy) is 2. The van der Waals surface area contributed by atoms with E-state index in [9.17, 15) is 24.6 Å². The number of aromatic amines is 1. The molecule has 4 fully saturated rings. The van der Waals surface area contributed by atoms with E-state index in [1.54, 1.807) is 12.1 Å². The Morgan fingerprint density at radius 2 is 1.60 bits per heavy atom. The number of phenolic OH excluding ortho intramolecular Hbond substituents is 1. The summed E-state index contributed by atoms with van der Waals surface area (Å²) in [4.78, 5) is 46.0. The van der Waals surface area contributed by atoms with E-state index in [-0.39, 0.29) is 29.3 Å².